The van der Waals surface area contributed by atoms with E-state index in [4.69, 9.17) is 0 Å². The Hall–Kier alpha value is -2.37. The van der Waals surface area contributed by atoms with Gasteiger partial charge in [0.1, 0.15) is 0 Å². The van der Waals surface area contributed by atoms with E-state index in [-0.39, 0.29) is 23.9 Å². The lowest BCUT2D eigenvalue weighted by Crippen LogP contribution is -2.63. The van der Waals surface area contributed by atoms with Gasteiger partial charge in [-0.25, -0.2) is 4.79 Å². The highest BCUT2D eigenvalue weighted by Gasteiger charge is 2.42. The third-order valence-corrected chi connectivity index (χ3v) is 4.36. The number of hydrogen-bond acceptors (Lipinski definition) is 3. The number of urea groups is 1. The van der Waals surface area contributed by atoms with Crippen LogP contribution >= 0.6 is 0 Å². The monoisotopic (exact) mass is 301 g/mol. The fourth-order valence-corrected chi connectivity index (χ4v) is 2.81. The molecule has 1 aromatic rings. The zero-order valence-corrected chi connectivity index (χ0v) is 12.8. The van der Waals surface area contributed by atoms with Gasteiger partial charge in [0.2, 0.25) is 11.8 Å². The number of nitrogens with one attached hydrogen (secondary N) is 1. The first-order valence-electron chi connectivity index (χ1n) is 7.44. The van der Waals surface area contributed by atoms with Crippen LogP contribution in [-0.4, -0.2) is 46.8 Å². The van der Waals surface area contributed by atoms with Crippen molar-refractivity contribution in [2.24, 2.45) is 0 Å². The minimum absolute atomic E-state index is 0.121. The van der Waals surface area contributed by atoms with Crippen molar-refractivity contribution < 1.29 is 14.4 Å². The first-order valence-corrected chi connectivity index (χ1v) is 7.44. The lowest BCUT2D eigenvalue weighted by Gasteiger charge is -2.42. The fourth-order valence-electron chi connectivity index (χ4n) is 2.81. The summed E-state index contributed by atoms with van der Waals surface area (Å²) in [6, 6.07) is 5.40. The molecule has 2 heterocycles. The number of carbonyl (C=O) groups is 3. The Morgan fingerprint density at radius 3 is 2.32 bits per heavy atom. The Balaban J connectivity index is 1.56. The maximum Gasteiger partial charge on any atom is 0.321 e. The lowest BCUT2D eigenvalue weighted by atomic mass is 10.1. The lowest BCUT2D eigenvalue weighted by molar-refractivity contribution is -0.144. The number of likely N-dealkylation sites (tertiary alicyclic amines) is 2. The zero-order chi connectivity index (χ0) is 15.9. The van der Waals surface area contributed by atoms with Crippen LogP contribution in [0.25, 0.3) is 0 Å². The second kappa shape index (κ2) is 5.44. The number of amides is 4. The largest absolute Gasteiger partial charge is 0.321 e. The maximum absolute atomic E-state index is 12.1. The summed E-state index contributed by atoms with van der Waals surface area (Å²) in [6.07, 6.45) is 0.592. The molecule has 2 fully saturated rings. The Bertz CT molecular complexity index is 634. The van der Waals surface area contributed by atoms with E-state index >= 15 is 0 Å². The Morgan fingerprint density at radius 1 is 1.09 bits per heavy atom. The van der Waals surface area contributed by atoms with Crippen LogP contribution in [0.2, 0.25) is 0 Å². The van der Waals surface area contributed by atoms with Crippen LogP contribution in [0.3, 0.4) is 0 Å². The van der Waals surface area contributed by atoms with Gasteiger partial charge in [-0.3, -0.25) is 14.5 Å². The zero-order valence-electron chi connectivity index (χ0n) is 12.8. The molecule has 0 saturated carbocycles. The Kier molecular flexibility index (Phi) is 3.60. The molecule has 0 bridgehead atoms. The molecule has 0 atom stereocenters. The number of anilines is 1. The van der Waals surface area contributed by atoms with Gasteiger partial charge in [-0.05, 0) is 37.1 Å². The summed E-state index contributed by atoms with van der Waals surface area (Å²) in [7, 11) is 0. The quantitative estimate of drug-likeness (QED) is 0.845. The number of rotatable bonds is 2. The van der Waals surface area contributed by atoms with Crippen LogP contribution < -0.4 is 5.32 Å². The van der Waals surface area contributed by atoms with E-state index in [1.807, 2.05) is 32.0 Å². The summed E-state index contributed by atoms with van der Waals surface area (Å²) in [5, 5.41) is 2.84. The van der Waals surface area contributed by atoms with E-state index in [9.17, 15) is 14.4 Å². The van der Waals surface area contributed by atoms with E-state index in [0.29, 0.717) is 25.9 Å². The predicted octanol–water partition coefficient (Wildman–Crippen LogP) is 1.67. The summed E-state index contributed by atoms with van der Waals surface area (Å²) >= 11 is 0. The molecule has 4 amide bonds. The SMILES string of the molecule is Cc1ccc(NC(=O)N2CC(N3C(=O)CCC3=O)C2)cc1C. The molecule has 0 aromatic heterocycles. The van der Waals surface area contributed by atoms with Crippen LogP contribution in [0.15, 0.2) is 18.2 Å². The minimum atomic E-state index is -0.196. The summed E-state index contributed by atoms with van der Waals surface area (Å²) < 4.78 is 0. The number of nitrogens with zero attached hydrogens (tertiary/aromatic N) is 2. The van der Waals surface area contributed by atoms with Crippen molar-refractivity contribution in [2.45, 2.75) is 32.7 Å². The van der Waals surface area contributed by atoms with Gasteiger partial charge in [0.25, 0.3) is 0 Å². The topological polar surface area (TPSA) is 69.7 Å². The van der Waals surface area contributed by atoms with Gasteiger partial charge in [0.05, 0.1) is 6.04 Å². The first kappa shape index (κ1) is 14.6. The van der Waals surface area contributed by atoms with Gasteiger partial charge >= 0.3 is 6.03 Å². The molecule has 0 spiro atoms. The molecule has 0 unspecified atom stereocenters. The highest BCUT2D eigenvalue weighted by molar-refractivity contribution is 6.02. The van der Waals surface area contributed by atoms with Crippen molar-refractivity contribution in [2.75, 3.05) is 18.4 Å². The summed E-state index contributed by atoms with van der Waals surface area (Å²) in [4.78, 5) is 38.4. The van der Waals surface area contributed by atoms with Crippen molar-refractivity contribution in [1.29, 1.82) is 0 Å². The third-order valence-electron chi connectivity index (χ3n) is 4.36. The van der Waals surface area contributed by atoms with Gasteiger partial charge in [0, 0.05) is 31.6 Å². The smallest absolute Gasteiger partial charge is 0.320 e. The molecular weight excluding hydrogens is 282 g/mol. The number of aryl methyl sites for hydroxylation is 2. The molecule has 116 valence electrons. The number of carbonyl (C=O) groups excluding carboxylic acids is 3. The number of imide groups is 1. The van der Waals surface area contributed by atoms with Crippen LogP contribution in [0.4, 0.5) is 10.5 Å². The van der Waals surface area contributed by atoms with E-state index in [1.165, 1.54) is 10.5 Å². The third kappa shape index (κ3) is 2.56. The van der Waals surface area contributed by atoms with Gasteiger partial charge < -0.3 is 10.2 Å². The Morgan fingerprint density at radius 2 is 1.73 bits per heavy atom. The molecule has 1 N–H and O–H groups in total. The fraction of sp³-hybridized carbons (Fsp3) is 0.438. The molecule has 6 heteroatoms. The summed E-state index contributed by atoms with van der Waals surface area (Å²) in [5.41, 5.74) is 3.05. The molecular formula is C16H19N3O3. The van der Waals surface area contributed by atoms with E-state index in [0.717, 1.165) is 11.3 Å². The van der Waals surface area contributed by atoms with Crippen molar-refractivity contribution in [3.8, 4) is 0 Å². The average molecular weight is 301 g/mol. The van der Waals surface area contributed by atoms with Gasteiger partial charge in [0.15, 0.2) is 0 Å². The van der Waals surface area contributed by atoms with Crippen LogP contribution in [-0.2, 0) is 9.59 Å². The second-order valence-electron chi connectivity index (χ2n) is 5.95. The highest BCUT2D eigenvalue weighted by atomic mass is 16.2. The Labute approximate surface area is 129 Å². The van der Waals surface area contributed by atoms with Crippen molar-refractivity contribution in [3.63, 3.8) is 0 Å². The van der Waals surface area contributed by atoms with E-state index in [1.54, 1.807) is 4.90 Å². The van der Waals surface area contributed by atoms with E-state index in [2.05, 4.69) is 5.32 Å². The second-order valence-corrected chi connectivity index (χ2v) is 5.95. The summed E-state index contributed by atoms with van der Waals surface area (Å²) in [6.45, 7) is 4.84. The normalized spacial score (nSPS) is 18.6. The first-order chi connectivity index (χ1) is 10.5. The molecule has 2 aliphatic heterocycles. The highest BCUT2D eigenvalue weighted by Crippen LogP contribution is 2.23. The molecule has 0 radical (unpaired) electrons. The van der Waals surface area contributed by atoms with Crippen LogP contribution in [0.5, 0.6) is 0 Å². The molecule has 22 heavy (non-hydrogen) atoms. The average Bonchev–Trinajstić information content (AvgIpc) is 2.73. The molecule has 0 aliphatic carbocycles. The predicted molar refractivity (Wildman–Crippen MR) is 81.4 cm³/mol. The van der Waals surface area contributed by atoms with E-state index < -0.39 is 0 Å². The van der Waals surface area contributed by atoms with Crippen LogP contribution in [0, 0.1) is 13.8 Å². The molecule has 6 nitrogen and oxygen atoms in total. The minimum Gasteiger partial charge on any atom is -0.320 e. The molecule has 3 rings (SSSR count). The summed E-state index contributed by atoms with van der Waals surface area (Å²) in [5.74, 6) is -0.242. The van der Waals surface area contributed by atoms with Crippen molar-refractivity contribution in [1.82, 2.24) is 9.80 Å². The van der Waals surface area contributed by atoms with Crippen molar-refractivity contribution in [3.05, 3.63) is 29.3 Å². The molecule has 2 saturated heterocycles. The van der Waals surface area contributed by atoms with Gasteiger partial charge in [-0.2, -0.15) is 0 Å². The molecule has 2 aliphatic rings. The standard InChI is InChI=1S/C16H19N3O3/c1-10-3-4-12(7-11(10)2)17-16(22)18-8-13(9-18)19-14(20)5-6-15(19)21/h3-4,7,13H,5-6,8-9H2,1-2H3,(H,17,22). The molecule has 1 aromatic carbocycles. The van der Waals surface area contributed by atoms with Crippen molar-refractivity contribution >= 4 is 23.5 Å². The number of benzene rings is 1. The van der Waals surface area contributed by atoms with Crippen LogP contribution in [0.1, 0.15) is 24.0 Å². The van der Waals surface area contributed by atoms with Gasteiger partial charge in [-0.1, -0.05) is 6.07 Å². The number of hydrogen-bond donors (Lipinski definition) is 1. The maximum atomic E-state index is 12.1. The van der Waals surface area contributed by atoms with Gasteiger partial charge in [-0.15, -0.1) is 0 Å².